The molecule has 1 aliphatic carbocycles. The maximum absolute atomic E-state index is 5.96. The molecule has 0 bridgehead atoms. The van der Waals surface area contributed by atoms with E-state index in [1.165, 1.54) is 36.8 Å². The van der Waals surface area contributed by atoms with Crippen LogP contribution >= 0.6 is 0 Å². The van der Waals surface area contributed by atoms with Gasteiger partial charge in [0.25, 0.3) is 0 Å². The van der Waals surface area contributed by atoms with E-state index in [0.29, 0.717) is 12.0 Å². The van der Waals surface area contributed by atoms with E-state index in [-0.39, 0.29) is 0 Å². The van der Waals surface area contributed by atoms with Crippen LogP contribution in [0.1, 0.15) is 36.8 Å². The Bertz CT molecular complexity index is 474. The summed E-state index contributed by atoms with van der Waals surface area (Å²) in [6, 6.07) is 7.37. The monoisotopic (exact) mass is 288 g/mol. The molecule has 1 aromatic rings. The van der Waals surface area contributed by atoms with Crippen molar-refractivity contribution in [3.8, 4) is 5.75 Å². The van der Waals surface area contributed by atoms with Crippen molar-refractivity contribution in [3.63, 3.8) is 0 Å². The largest absolute Gasteiger partial charge is 0.493 e. The highest BCUT2D eigenvalue weighted by atomic mass is 16.5. The van der Waals surface area contributed by atoms with Crippen molar-refractivity contribution in [2.45, 2.75) is 44.6 Å². The summed E-state index contributed by atoms with van der Waals surface area (Å²) in [6.07, 6.45) is 7.53. The van der Waals surface area contributed by atoms with Crippen LogP contribution in [0.3, 0.4) is 0 Å². The van der Waals surface area contributed by atoms with Gasteiger partial charge in [0.05, 0.1) is 6.61 Å². The first-order valence-electron chi connectivity index (χ1n) is 8.43. The molecule has 0 radical (unpaired) electrons. The van der Waals surface area contributed by atoms with Crippen molar-refractivity contribution in [3.05, 3.63) is 29.3 Å². The molecule has 1 saturated carbocycles. The van der Waals surface area contributed by atoms with Crippen molar-refractivity contribution in [2.75, 3.05) is 26.7 Å². The minimum absolute atomic E-state index is 0.682. The lowest BCUT2D eigenvalue weighted by molar-refractivity contribution is 0.135. The third-order valence-corrected chi connectivity index (χ3v) is 5.24. The zero-order chi connectivity index (χ0) is 14.7. The molecule has 2 aliphatic rings. The Morgan fingerprint density at radius 3 is 3.00 bits per heavy atom. The number of benzene rings is 1. The van der Waals surface area contributed by atoms with Gasteiger partial charge in [-0.15, -0.1) is 0 Å². The Hall–Kier alpha value is -1.06. The normalized spacial score (nSPS) is 24.9. The Kier molecular flexibility index (Phi) is 4.81. The van der Waals surface area contributed by atoms with E-state index in [1.807, 2.05) is 0 Å². The second kappa shape index (κ2) is 6.80. The molecule has 0 aromatic heterocycles. The maximum Gasteiger partial charge on any atom is 0.122 e. The summed E-state index contributed by atoms with van der Waals surface area (Å²) < 4.78 is 5.58. The van der Waals surface area contributed by atoms with E-state index in [0.717, 1.165) is 38.3 Å². The van der Waals surface area contributed by atoms with Crippen LogP contribution < -0.4 is 10.5 Å². The summed E-state index contributed by atoms with van der Waals surface area (Å²) in [4.78, 5) is 2.54. The molecular weight excluding hydrogens is 260 g/mol. The zero-order valence-electron chi connectivity index (χ0n) is 13.2. The van der Waals surface area contributed by atoms with Crippen molar-refractivity contribution >= 4 is 0 Å². The standard InChI is InChI=1S/C18H28N2O/c1-20(17-5-3-2-4-16(17)13-19)10-8-14-6-7-18-15(12-14)9-11-21-18/h6-7,12,16-17H,2-5,8-11,13,19H2,1H3. The molecule has 0 amide bonds. The molecule has 116 valence electrons. The molecule has 3 heteroatoms. The number of fused-ring (bicyclic) bond motifs is 1. The molecule has 2 unspecified atom stereocenters. The third kappa shape index (κ3) is 3.41. The van der Waals surface area contributed by atoms with Crippen molar-refractivity contribution < 1.29 is 4.74 Å². The van der Waals surface area contributed by atoms with Gasteiger partial charge in [0.1, 0.15) is 5.75 Å². The van der Waals surface area contributed by atoms with E-state index in [4.69, 9.17) is 10.5 Å². The highest BCUT2D eigenvalue weighted by Gasteiger charge is 2.26. The van der Waals surface area contributed by atoms with E-state index < -0.39 is 0 Å². The summed E-state index contributed by atoms with van der Waals surface area (Å²) in [5, 5.41) is 0. The van der Waals surface area contributed by atoms with Crippen LogP contribution in [-0.2, 0) is 12.8 Å². The van der Waals surface area contributed by atoms with Crippen molar-refractivity contribution in [1.82, 2.24) is 4.90 Å². The molecule has 1 aromatic carbocycles. The smallest absolute Gasteiger partial charge is 0.122 e. The van der Waals surface area contributed by atoms with Crippen LogP contribution in [0.4, 0.5) is 0 Å². The van der Waals surface area contributed by atoms with Crippen LogP contribution in [0.25, 0.3) is 0 Å². The minimum atomic E-state index is 0.682. The first-order valence-corrected chi connectivity index (χ1v) is 8.43. The molecule has 0 saturated heterocycles. The van der Waals surface area contributed by atoms with E-state index in [2.05, 4.69) is 30.1 Å². The molecule has 1 heterocycles. The van der Waals surface area contributed by atoms with Crippen molar-refractivity contribution in [1.29, 1.82) is 0 Å². The van der Waals surface area contributed by atoms with Gasteiger partial charge in [-0.1, -0.05) is 25.0 Å². The SMILES string of the molecule is CN(CCc1ccc2c(c1)CCO2)C1CCCCC1CN. The highest BCUT2D eigenvalue weighted by Crippen LogP contribution is 2.28. The molecular formula is C18H28N2O. The summed E-state index contributed by atoms with van der Waals surface area (Å²) in [7, 11) is 2.27. The van der Waals surface area contributed by atoms with Crippen LogP contribution in [0.2, 0.25) is 0 Å². The van der Waals surface area contributed by atoms with Gasteiger partial charge in [-0.2, -0.15) is 0 Å². The van der Waals surface area contributed by atoms with Gasteiger partial charge >= 0.3 is 0 Å². The van der Waals surface area contributed by atoms with E-state index >= 15 is 0 Å². The Balaban J connectivity index is 1.56. The predicted octanol–water partition coefficient (Wildman–Crippen LogP) is 2.61. The average Bonchev–Trinajstić information content (AvgIpc) is 3.00. The fraction of sp³-hybridized carbons (Fsp3) is 0.667. The van der Waals surface area contributed by atoms with Gasteiger partial charge in [-0.3, -0.25) is 0 Å². The Labute approximate surface area is 128 Å². The van der Waals surface area contributed by atoms with Crippen LogP contribution in [0, 0.1) is 5.92 Å². The predicted molar refractivity (Wildman–Crippen MR) is 86.8 cm³/mol. The van der Waals surface area contributed by atoms with Gasteiger partial charge in [-0.05, 0) is 56.0 Å². The van der Waals surface area contributed by atoms with E-state index in [9.17, 15) is 0 Å². The van der Waals surface area contributed by atoms with Crippen LogP contribution in [0.5, 0.6) is 5.75 Å². The Morgan fingerprint density at radius 1 is 1.29 bits per heavy atom. The lowest BCUT2D eigenvalue weighted by Gasteiger charge is -2.37. The second-order valence-electron chi connectivity index (χ2n) is 6.62. The lowest BCUT2D eigenvalue weighted by Crippen LogP contribution is -2.43. The first-order chi connectivity index (χ1) is 10.3. The number of likely N-dealkylation sites (N-methyl/N-ethyl adjacent to an activating group) is 1. The Morgan fingerprint density at radius 2 is 2.14 bits per heavy atom. The van der Waals surface area contributed by atoms with Gasteiger partial charge in [-0.25, -0.2) is 0 Å². The minimum Gasteiger partial charge on any atom is -0.493 e. The maximum atomic E-state index is 5.96. The molecule has 3 nitrogen and oxygen atoms in total. The van der Waals surface area contributed by atoms with Crippen LogP contribution in [-0.4, -0.2) is 37.7 Å². The molecule has 21 heavy (non-hydrogen) atoms. The van der Waals surface area contributed by atoms with Gasteiger partial charge < -0.3 is 15.4 Å². The average molecular weight is 288 g/mol. The number of nitrogens with zero attached hydrogens (tertiary/aromatic N) is 1. The van der Waals surface area contributed by atoms with Gasteiger partial charge in [0.15, 0.2) is 0 Å². The summed E-state index contributed by atoms with van der Waals surface area (Å²) >= 11 is 0. The lowest BCUT2D eigenvalue weighted by atomic mass is 9.83. The highest BCUT2D eigenvalue weighted by molar-refractivity contribution is 5.39. The molecule has 2 N–H and O–H groups in total. The van der Waals surface area contributed by atoms with E-state index in [1.54, 1.807) is 0 Å². The number of hydrogen-bond donors (Lipinski definition) is 1. The first kappa shape index (κ1) is 14.9. The molecule has 1 fully saturated rings. The summed E-state index contributed by atoms with van der Waals surface area (Å²) in [5.41, 5.74) is 8.78. The zero-order valence-corrected chi connectivity index (χ0v) is 13.2. The number of hydrogen-bond acceptors (Lipinski definition) is 3. The van der Waals surface area contributed by atoms with Crippen LogP contribution in [0.15, 0.2) is 18.2 Å². The topological polar surface area (TPSA) is 38.5 Å². The second-order valence-corrected chi connectivity index (χ2v) is 6.62. The van der Waals surface area contributed by atoms with Crippen molar-refractivity contribution in [2.24, 2.45) is 11.7 Å². The summed E-state index contributed by atoms with van der Waals surface area (Å²) in [5.74, 6) is 1.78. The number of ether oxygens (including phenoxy) is 1. The fourth-order valence-corrected chi connectivity index (χ4v) is 3.91. The van der Waals surface area contributed by atoms with Gasteiger partial charge in [0.2, 0.25) is 0 Å². The number of rotatable bonds is 5. The fourth-order valence-electron chi connectivity index (χ4n) is 3.91. The number of nitrogens with two attached hydrogens (primary N) is 1. The molecule has 3 rings (SSSR count). The molecule has 0 spiro atoms. The third-order valence-electron chi connectivity index (χ3n) is 5.24. The molecule has 2 atom stereocenters. The molecule has 1 aliphatic heterocycles. The van der Waals surface area contributed by atoms with Gasteiger partial charge in [0, 0.05) is 19.0 Å². The summed E-state index contributed by atoms with van der Waals surface area (Å²) in [6.45, 7) is 2.81. The quantitative estimate of drug-likeness (QED) is 0.905.